The van der Waals surface area contributed by atoms with Crippen LogP contribution in [0.2, 0.25) is 0 Å². The van der Waals surface area contributed by atoms with Crippen molar-refractivity contribution in [3.63, 3.8) is 0 Å². The SMILES string of the molecule is [C-]#[N+]c1ccc(-c2ccc3c(c2)c2cc(-c4ccc([N+]#[C-])cc4[N+]#[C-])ccc2n3-c2ccc(C(F)(F)F)cc2-c2ccc(-c3nc(-c4ccccc4)nc(-c4ccccc4)n3)cc2-n2c3ccc(-c4ccc(C#N)cc4C#N)cc3c3cc(-c4ccc(C#N)cc4C#N)ccc32)c([N+]#[C-])c1. The van der Waals surface area contributed by atoms with E-state index >= 15 is 13.2 Å². The number of fused-ring (bicyclic) bond motifs is 6. The van der Waals surface area contributed by atoms with Gasteiger partial charge in [-0.05, 0) is 142 Å². The van der Waals surface area contributed by atoms with E-state index in [0.29, 0.717) is 145 Å². The molecule has 12 aromatic carbocycles. The summed E-state index contributed by atoms with van der Waals surface area (Å²) in [6.07, 6.45) is -4.86. The number of hydrogen-bond acceptors (Lipinski definition) is 7. The number of aromatic nitrogens is 5. The maximum atomic E-state index is 15.9. The van der Waals surface area contributed by atoms with Crippen molar-refractivity contribution in [1.82, 2.24) is 24.1 Å². The van der Waals surface area contributed by atoms with Crippen molar-refractivity contribution >= 4 is 66.4 Å². The standard InChI is InChI=1S/C84H40F3N13/c1-92-61-23-28-65(73(43-61)94-3)55-20-32-75-70(39-55)71-40-56(66-29-24-62(93-2)44-74(66)95-4)21-33-76(71)99(75)79-34-22-60(84(85,86)87)42-72(79)67-27-17-57(83-97-81(51-11-7-5-8-12-51)96-82(98-83)52-13-9-6-10-14-52)41-80(67)100-77-30-18-53(63-25-15-49(45-88)35-58(63)47-90)37-68(77)69-38-54(19-31-78(69)100)64-26-16-50(46-89)36-59(64)48-91/h5-44H. The summed E-state index contributed by atoms with van der Waals surface area (Å²) in [5, 5.41) is 43.4. The third-order valence-corrected chi connectivity index (χ3v) is 17.8. The largest absolute Gasteiger partial charge is 0.416 e. The first kappa shape index (κ1) is 61.2. The molecule has 0 atom stereocenters. The molecule has 13 nitrogen and oxygen atoms in total. The molecule has 0 aliphatic heterocycles. The third kappa shape index (κ3) is 10.6. The second-order valence-electron chi connectivity index (χ2n) is 23.4. The lowest BCUT2D eigenvalue weighted by Crippen LogP contribution is -2.08. The molecule has 0 aliphatic carbocycles. The monoisotopic (exact) mass is 1290 g/mol. The Bertz CT molecular complexity index is 6060. The lowest BCUT2D eigenvalue weighted by molar-refractivity contribution is -0.137. The van der Waals surface area contributed by atoms with E-state index in [1.54, 1.807) is 60.7 Å². The lowest BCUT2D eigenvalue weighted by Gasteiger charge is -2.21. The molecular weight excluding hydrogens is 1250 g/mol. The van der Waals surface area contributed by atoms with Crippen molar-refractivity contribution in [2.45, 2.75) is 6.18 Å². The van der Waals surface area contributed by atoms with Gasteiger partial charge in [0.2, 0.25) is 0 Å². The Morgan fingerprint density at radius 1 is 0.320 bits per heavy atom. The van der Waals surface area contributed by atoms with Crippen LogP contribution in [-0.4, -0.2) is 24.1 Å². The summed E-state index contributed by atoms with van der Waals surface area (Å²) in [6, 6.07) is 78.7. The van der Waals surface area contributed by atoms with Crippen LogP contribution in [0.5, 0.6) is 0 Å². The van der Waals surface area contributed by atoms with Crippen molar-refractivity contribution in [2.24, 2.45) is 0 Å². The predicted molar refractivity (Wildman–Crippen MR) is 381 cm³/mol. The zero-order valence-electron chi connectivity index (χ0n) is 52.0. The minimum atomic E-state index is -4.86. The zero-order chi connectivity index (χ0) is 68.9. The van der Waals surface area contributed by atoms with Crippen LogP contribution in [0.25, 0.3) is 164 Å². The summed E-state index contributed by atoms with van der Waals surface area (Å²) in [7, 11) is 0. The highest BCUT2D eigenvalue weighted by Gasteiger charge is 2.33. The molecule has 0 fully saturated rings. The molecule has 0 amide bonds. The van der Waals surface area contributed by atoms with E-state index in [9.17, 15) is 21.0 Å². The van der Waals surface area contributed by atoms with Gasteiger partial charge >= 0.3 is 6.18 Å². The smallest absolute Gasteiger partial charge is 0.309 e. The molecule has 0 N–H and O–H groups in total. The number of hydrogen-bond donors (Lipinski definition) is 0. The van der Waals surface area contributed by atoms with Crippen LogP contribution in [-0.2, 0) is 6.18 Å². The average Bonchev–Trinajstić information content (AvgIpc) is 1.58. The van der Waals surface area contributed by atoms with Gasteiger partial charge in [-0.15, -0.1) is 0 Å². The highest BCUT2D eigenvalue weighted by atomic mass is 19.4. The van der Waals surface area contributed by atoms with E-state index in [-0.39, 0.29) is 45.3 Å². The molecule has 0 aliphatic rings. The van der Waals surface area contributed by atoms with Gasteiger partial charge in [0.05, 0.1) is 112 Å². The van der Waals surface area contributed by atoms with E-state index in [0.717, 1.165) is 12.1 Å². The molecule has 0 saturated heterocycles. The van der Waals surface area contributed by atoms with Crippen LogP contribution in [0.3, 0.4) is 0 Å². The molecule has 100 heavy (non-hydrogen) atoms. The number of alkyl halides is 3. The first-order valence-electron chi connectivity index (χ1n) is 30.9. The molecule has 0 unspecified atom stereocenters. The van der Waals surface area contributed by atoms with Crippen LogP contribution >= 0.6 is 0 Å². The lowest BCUT2D eigenvalue weighted by atomic mass is 9.95. The van der Waals surface area contributed by atoms with Gasteiger partial charge in [0.1, 0.15) is 0 Å². The molecule has 15 aromatic rings. The summed E-state index contributed by atoms with van der Waals surface area (Å²) >= 11 is 0. The molecular formula is C84H40F3N13. The normalized spacial score (nSPS) is 11.1. The van der Waals surface area contributed by atoms with Gasteiger partial charge in [-0.3, -0.25) is 0 Å². The van der Waals surface area contributed by atoms with E-state index in [1.165, 1.54) is 30.3 Å². The topological polar surface area (TPSA) is 161 Å². The fourth-order valence-electron chi connectivity index (χ4n) is 13.1. The summed E-state index contributed by atoms with van der Waals surface area (Å²) in [5.74, 6) is 0.967. The van der Waals surface area contributed by atoms with E-state index in [2.05, 4.69) is 43.7 Å². The number of nitriles is 4. The van der Waals surface area contributed by atoms with Crippen LogP contribution in [0.4, 0.5) is 35.9 Å². The number of halogens is 3. The Balaban J connectivity index is 1.06. The fraction of sp³-hybridized carbons (Fsp3) is 0.0119. The number of rotatable bonds is 10. The molecule has 3 heterocycles. The fourth-order valence-corrected chi connectivity index (χ4v) is 13.1. The van der Waals surface area contributed by atoms with Gasteiger partial charge in [0.25, 0.3) is 0 Å². The molecule has 15 rings (SSSR count). The second kappa shape index (κ2) is 24.7. The Hall–Kier alpha value is -15.0. The van der Waals surface area contributed by atoms with Gasteiger partial charge in [0, 0.05) is 49.4 Å². The summed E-state index contributed by atoms with van der Waals surface area (Å²) in [6.45, 7) is 31.7. The maximum Gasteiger partial charge on any atom is 0.416 e. The van der Waals surface area contributed by atoms with Crippen molar-refractivity contribution in [2.75, 3.05) is 0 Å². The molecule has 3 aromatic heterocycles. The summed E-state index contributed by atoms with van der Waals surface area (Å²) in [5.41, 5.74) is 11.1. The van der Waals surface area contributed by atoms with Gasteiger partial charge in [-0.1, -0.05) is 146 Å². The molecule has 462 valence electrons. The quantitative estimate of drug-likeness (QED) is 0.123. The van der Waals surface area contributed by atoms with E-state index < -0.39 is 11.7 Å². The number of benzene rings is 12. The van der Waals surface area contributed by atoms with Gasteiger partial charge in [-0.25, -0.2) is 34.3 Å². The van der Waals surface area contributed by atoms with E-state index in [4.69, 9.17) is 41.2 Å². The van der Waals surface area contributed by atoms with Crippen LogP contribution in [0, 0.1) is 71.6 Å². The molecule has 0 radical (unpaired) electrons. The minimum Gasteiger partial charge on any atom is -0.309 e. The van der Waals surface area contributed by atoms with Crippen molar-refractivity contribution in [3.8, 4) is 125 Å². The molecule has 16 heteroatoms. The Morgan fingerprint density at radius 2 is 0.710 bits per heavy atom. The summed E-state index contributed by atoms with van der Waals surface area (Å²) in [4.78, 5) is 30.0. The molecule has 0 spiro atoms. The predicted octanol–water partition coefficient (Wildman–Crippen LogP) is 22.1. The zero-order valence-corrected chi connectivity index (χ0v) is 52.0. The van der Waals surface area contributed by atoms with Gasteiger partial charge in [0.15, 0.2) is 40.2 Å². The van der Waals surface area contributed by atoms with Crippen LogP contribution in [0.15, 0.2) is 243 Å². The minimum absolute atomic E-state index is 0.139. The summed E-state index contributed by atoms with van der Waals surface area (Å²) < 4.78 is 51.6. The Labute approximate surface area is 569 Å². The van der Waals surface area contributed by atoms with Crippen molar-refractivity contribution in [1.29, 1.82) is 21.0 Å². The second-order valence-corrected chi connectivity index (χ2v) is 23.4. The van der Waals surface area contributed by atoms with Crippen LogP contribution < -0.4 is 0 Å². The highest BCUT2D eigenvalue weighted by Crippen LogP contribution is 2.48. The molecule has 0 bridgehead atoms. The highest BCUT2D eigenvalue weighted by molar-refractivity contribution is 6.15. The number of nitrogens with zero attached hydrogens (tertiary/aromatic N) is 13. The van der Waals surface area contributed by atoms with Gasteiger partial charge in [-0.2, -0.15) is 34.2 Å². The van der Waals surface area contributed by atoms with Crippen molar-refractivity contribution < 1.29 is 13.2 Å². The molecule has 0 saturated carbocycles. The van der Waals surface area contributed by atoms with Crippen LogP contribution in [0.1, 0.15) is 27.8 Å². The van der Waals surface area contributed by atoms with Gasteiger partial charge < -0.3 is 9.13 Å². The maximum absolute atomic E-state index is 15.9. The third-order valence-electron chi connectivity index (χ3n) is 17.8. The van der Waals surface area contributed by atoms with Crippen molar-refractivity contribution in [3.05, 3.63) is 316 Å². The Morgan fingerprint density at radius 3 is 1.11 bits per heavy atom. The average molecular weight is 1290 g/mol. The Kier molecular flexibility index (Phi) is 15.1. The first-order valence-corrected chi connectivity index (χ1v) is 30.9. The first-order chi connectivity index (χ1) is 48.8. The van der Waals surface area contributed by atoms with E-state index in [1.807, 2.05) is 149 Å².